The van der Waals surface area contributed by atoms with Crippen LogP contribution >= 0.6 is 11.3 Å². The van der Waals surface area contributed by atoms with Crippen LogP contribution < -0.4 is 5.32 Å². The number of fused-ring (bicyclic) bond motifs is 1. The summed E-state index contributed by atoms with van der Waals surface area (Å²) in [4.78, 5) is 12.4. The number of aliphatic hydroxyl groups is 1. The van der Waals surface area contributed by atoms with Crippen molar-refractivity contribution in [3.63, 3.8) is 0 Å². The van der Waals surface area contributed by atoms with Crippen molar-refractivity contribution in [2.45, 2.75) is 44.2 Å². The predicted molar refractivity (Wildman–Crippen MR) is 82.2 cm³/mol. The Balaban J connectivity index is 1.78. The van der Waals surface area contributed by atoms with Crippen molar-refractivity contribution >= 4 is 27.3 Å². The fraction of sp³-hybridized carbons (Fsp3) is 0.438. The molecule has 1 aliphatic carbocycles. The van der Waals surface area contributed by atoms with Crippen molar-refractivity contribution < 1.29 is 9.90 Å². The minimum atomic E-state index is -0.411. The molecule has 0 aliphatic heterocycles. The van der Waals surface area contributed by atoms with Crippen LogP contribution in [0.4, 0.5) is 0 Å². The predicted octanol–water partition coefficient (Wildman–Crippen LogP) is 3.32. The lowest BCUT2D eigenvalue weighted by Gasteiger charge is -2.21. The van der Waals surface area contributed by atoms with Crippen molar-refractivity contribution in [3.8, 4) is 0 Å². The number of carbonyl (C=O) groups excluding carboxylic acids is 1. The van der Waals surface area contributed by atoms with Gasteiger partial charge in [-0.05, 0) is 18.9 Å². The van der Waals surface area contributed by atoms with E-state index in [1.807, 2.05) is 29.6 Å². The lowest BCUT2D eigenvalue weighted by Crippen LogP contribution is -2.42. The first-order chi connectivity index (χ1) is 9.75. The van der Waals surface area contributed by atoms with Crippen LogP contribution in [0, 0.1) is 0 Å². The van der Waals surface area contributed by atoms with Gasteiger partial charge in [0, 0.05) is 15.5 Å². The highest BCUT2D eigenvalue weighted by Crippen LogP contribution is 2.26. The fourth-order valence-corrected chi connectivity index (χ4v) is 3.80. The van der Waals surface area contributed by atoms with E-state index in [9.17, 15) is 9.90 Å². The summed E-state index contributed by atoms with van der Waals surface area (Å²) in [6, 6.07) is 7.83. The number of thiophene rings is 1. The molecule has 1 aliphatic rings. The van der Waals surface area contributed by atoms with E-state index in [1.165, 1.54) is 0 Å². The maximum Gasteiger partial charge on any atom is 0.253 e. The summed E-state index contributed by atoms with van der Waals surface area (Å²) in [6.45, 7) is 0. The van der Waals surface area contributed by atoms with Crippen LogP contribution in [-0.4, -0.2) is 23.2 Å². The molecule has 1 saturated carbocycles. The van der Waals surface area contributed by atoms with Crippen LogP contribution in [0.25, 0.3) is 10.1 Å². The van der Waals surface area contributed by atoms with Gasteiger partial charge in [0.25, 0.3) is 5.91 Å². The van der Waals surface area contributed by atoms with Crippen molar-refractivity contribution in [3.05, 3.63) is 35.2 Å². The first-order valence-corrected chi connectivity index (χ1v) is 8.09. The highest BCUT2D eigenvalue weighted by molar-refractivity contribution is 7.17. The third kappa shape index (κ3) is 2.72. The van der Waals surface area contributed by atoms with Crippen LogP contribution in [0.3, 0.4) is 0 Å². The smallest absolute Gasteiger partial charge is 0.253 e. The molecule has 1 heterocycles. The second kappa shape index (κ2) is 5.94. The maximum absolute atomic E-state index is 12.4. The van der Waals surface area contributed by atoms with E-state index < -0.39 is 6.10 Å². The molecular formula is C16H19NO2S. The first kappa shape index (κ1) is 13.6. The van der Waals surface area contributed by atoms with Crippen molar-refractivity contribution in [1.29, 1.82) is 0 Å². The van der Waals surface area contributed by atoms with Gasteiger partial charge in [0.2, 0.25) is 0 Å². The van der Waals surface area contributed by atoms with E-state index in [2.05, 4.69) is 5.32 Å². The first-order valence-electron chi connectivity index (χ1n) is 7.21. The Morgan fingerprint density at radius 3 is 2.90 bits per heavy atom. The van der Waals surface area contributed by atoms with Gasteiger partial charge in [0.1, 0.15) is 0 Å². The number of benzene rings is 1. The van der Waals surface area contributed by atoms with E-state index in [0.717, 1.165) is 47.8 Å². The number of carbonyl (C=O) groups is 1. The molecule has 1 aromatic heterocycles. The highest BCUT2D eigenvalue weighted by Gasteiger charge is 2.24. The molecule has 0 saturated heterocycles. The lowest BCUT2D eigenvalue weighted by atomic mass is 10.1. The summed E-state index contributed by atoms with van der Waals surface area (Å²) >= 11 is 1.59. The lowest BCUT2D eigenvalue weighted by molar-refractivity contribution is 0.0820. The molecule has 1 amide bonds. The van der Waals surface area contributed by atoms with Crippen LogP contribution in [0.5, 0.6) is 0 Å². The molecule has 0 radical (unpaired) electrons. The molecule has 1 fully saturated rings. The monoisotopic (exact) mass is 289 g/mol. The summed E-state index contributed by atoms with van der Waals surface area (Å²) in [5.74, 6) is -0.0617. The molecule has 1 aromatic carbocycles. The van der Waals surface area contributed by atoms with Gasteiger partial charge in [0.15, 0.2) is 0 Å². The quantitative estimate of drug-likeness (QED) is 0.833. The molecule has 20 heavy (non-hydrogen) atoms. The summed E-state index contributed by atoms with van der Waals surface area (Å²) in [5.41, 5.74) is 0.724. The number of amides is 1. The SMILES string of the molecule is O=C(NC1CCCCCC1O)c1csc2ccccc12. The Hall–Kier alpha value is -1.39. The van der Waals surface area contributed by atoms with Crippen LogP contribution in [-0.2, 0) is 0 Å². The summed E-state index contributed by atoms with van der Waals surface area (Å²) in [6.07, 6.45) is 4.52. The minimum absolute atomic E-state index is 0.0617. The number of hydrogen-bond donors (Lipinski definition) is 2. The fourth-order valence-electron chi connectivity index (χ4n) is 2.86. The molecule has 2 N–H and O–H groups in total. The molecule has 0 spiro atoms. The molecular weight excluding hydrogens is 270 g/mol. The van der Waals surface area contributed by atoms with Gasteiger partial charge in [-0.2, -0.15) is 0 Å². The highest BCUT2D eigenvalue weighted by atomic mass is 32.1. The largest absolute Gasteiger partial charge is 0.391 e. The standard InChI is InChI=1S/C16H19NO2S/c18-14-8-3-1-2-7-13(14)17-16(19)12-10-20-15-9-5-4-6-11(12)15/h4-6,9-10,13-14,18H,1-3,7-8H2,(H,17,19). The molecule has 3 nitrogen and oxygen atoms in total. The van der Waals surface area contributed by atoms with Gasteiger partial charge in [-0.3, -0.25) is 4.79 Å². The maximum atomic E-state index is 12.4. The van der Waals surface area contributed by atoms with Gasteiger partial charge in [0.05, 0.1) is 17.7 Å². The number of nitrogens with one attached hydrogen (secondary N) is 1. The van der Waals surface area contributed by atoms with Crippen LogP contribution in [0.2, 0.25) is 0 Å². The third-order valence-electron chi connectivity index (χ3n) is 4.02. The van der Waals surface area contributed by atoms with E-state index in [-0.39, 0.29) is 11.9 Å². The Morgan fingerprint density at radius 2 is 2.00 bits per heavy atom. The number of rotatable bonds is 2. The van der Waals surface area contributed by atoms with E-state index in [1.54, 1.807) is 11.3 Å². The molecule has 2 aromatic rings. The zero-order valence-corrected chi connectivity index (χ0v) is 12.2. The third-order valence-corrected chi connectivity index (χ3v) is 4.99. The molecule has 2 unspecified atom stereocenters. The second-order valence-electron chi connectivity index (χ2n) is 5.43. The van der Waals surface area contributed by atoms with Crippen molar-refractivity contribution in [1.82, 2.24) is 5.32 Å². The van der Waals surface area contributed by atoms with E-state index in [4.69, 9.17) is 0 Å². The average Bonchev–Trinajstić information content (AvgIpc) is 2.79. The topological polar surface area (TPSA) is 49.3 Å². The average molecular weight is 289 g/mol. The number of aliphatic hydroxyl groups excluding tert-OH is 1. The zero-order chi connectivity index (χ0) is 13.9. The van der Waals surface area contributed by atoms with Crippen molar-refractivity contribution in [2.24, 2.45) is 0 Å². The number of hydrogen-bond acceptors (Lipinski definition) is 3. The van der Waals surface area contributed by atoms with E-state index in [0.29, 0.717) is 0 Å². The van der Waals surface area contributed by atoms with Crippen LogP contribution in [0.15, 0.2) is 29.6 Å². The molecule has 106 valence electrons. The van der Waals surface area contributed by atoms with Crippen molar-refractivity contribution in [2.75, 3.05) is 0 Å². The zero-order valence-electron chi connectivity index (χ0n) is 11.3. The Morgan fingerprint density at radius 1 is 1.20 bits per heavy atom. The van der Waals surface area contributed by atoms with E-state index >= 15 is 0 Å². The Bertz CT molecular complexity index is 607. The molecule has 2 atom stereocenters. The van der Waals surface area contributed by atoms with Gasteiger partial charge in [-0.1, -0.05) is 37.5 Å². The van der Waals surface area contributed by atoms with Crippen LogP contribution in [0.1, 0.15) is 42.5 Å². The molecule has 3 rings (SSSR count). The van der Waals surface area contributed by atoms with Gasteiger partial charge in [-0.15, -0.1) is 11.3 Å². The summed E-state index contributed by atoms with van der Waals surface area (Å²) in [5, 5.41) is 16.0. The second-order valence-corrected chi connectivity index (χ2v) is 6.34. The van der Waals surface area contributed by atoms with Gasteiger partial charge in [-0.25, -0.2) is 0 Å². The normalized spacial score (nSPS) is 23.4. The molecule has 0 bridgehead atoms. The minimum Gasteiger partial charge on any atom is -0.391 e. The summed E-state index contributed by atoms with van der Waals surface area (Å²) < 4.78 is 1.12. The Labute approximate surface area is 122 Å². The van der Waals surface area contributed by atoms with Gasteiger partial charge < -0.3 is 10.4 Å². The Kier molecular flexibility index (Phi) is 4.03. The van der Waals surface area contributed by atoms with Gasteiger partial charge >= 0.3 is 0 Å². The summed E-state index contributed by atoms with van der Waals surface area (Å²) in [7, 11) is 0. The molecule has 4 heteroatoms.